The summed E-state index contributed by atoms with van der Waals surface area (Å²) in [6.45, 7) is 6.44. The van der Waals surface area contributed by atoms with Crippen LogP contribution >= 0.6 is 0 Å². The molecule has 2 saturated heterocycles. The maximum atomic E-state index is 12.2. The van der Waals surface area contributed by atoms with Gasteiger partial charge in [0.1, 0.15) is 0 Å². The monoisotopic (exact) mass is 224 g/mol. The highest BCUT2D eigenvalue weighted by molar-refractivity contribution is 5.79. The lowest BCUT2D eigenvalue weighted by atomic mass is 9.85. The summed E-state index contributed by atoms with van der Waals surface area (Å²) in [6, 6.07) is 0. The van der Waals surface area contributed by atoms with Crippen LogP contribution in [-0.4, -0.2) is 48.9 Å². The summed E-state index contributed by atoms with van der Waals surface area (Å²) in [5, 5.41) is 0. The molecule has 3 nitrogen and oxygen atoms in total. The zero-order valence-electron chi connectivity index (χ0n) is 10.6. The van der Waals surface area contributed by atoms with Gasteiger partial charge in [-0.2, -0.15) is 0 Å². The molecule has 0 spiro atoms. The van der Waals surface area contributed by atoms with Gasteiger partial charge in [-0.25, -0.2) is 0 Å². The van der Waals surface area contributed by atoms with Crippen LogP contribution < -0.4 is 0 Å². The molecule has 92 valence electrons. The van der Waals surface area contributed by atoms with Crippen molar-refractivity contribution in [3.63, 3.8) is 0 Å². The van der Waals surface area contributed by atoms with Crippen LogP contribution in [0.2, 0.25) is 0 Å². The maximum absolute atomic E-state index is 12.2. The van der Waals surface area contributed by atoms with Gasteiger partial charge in [0.15, 0.2) is 0 Å². The van der Waals surface area contributed by atoms with Crippen LogP contribution in [-0.2, 0) is 4.79 Å². The standard InChI is InChI=1S/C13H24N2O/c1-11(12-5-9-14(2)10-6-12)13(16)15-7-3-4-8-15/h11-12H,3-10H2,1-2H3/t11-/m1/s1. The van der Waals surface area contributed by atoms with E-state index in [0.717, 1.165) is 26.2 Å². The van der Waals surface area contributed by atoms with E-state index >= 15 is 0 Å². The average molecular weight is 224 g/mol. The molecule has 2 rings (SSSR count). The Labute approximate surface area is 98.8 Å². The van der Waals surface area contributed by atoms with Crippen LogP contribution in [0.3, 0.4) is 0 Å². The lowest BCUT2D eigenvalue weighted by molar-refractivity contribution is -0.136. The molecule has 16 heavy (non-hydrogen) atoms. The fraction of sp³-hybridized carbons (Fsp3) is 0.923. The summed E-state index contributed by atoms with van der Waals surface area (Å²) in [5.74, 6) is 1.27. The van der Waals surface area contributed by atoms with E-state index in [2.05, 4.69) is 23.8 Å². The zero-order chi connectivity index (χ0) is 11.5. The number of likely N-dealkylation sites (tertiary alicyclic amines) is 2. The van der Waals surface area contributed by atoms with Gasteiger partial charge in [-0.15, -0.1) is 0 Å². The van der Waals surface area contributed by atoms with Crippen LogP contribution in [0.1, 0.15) is 32.6 Å². The second kappa shape index (κ2) is 5.17. The Kier molecular flexibility index (Phi) is 3.85. The number of carbonyl (C=O) groups is 1. The Hall–Kier alpha value is -0.570. The van der Waals surface area contributed by atoms with E-state index < -0.39 is 0 Å². The molecule has 1 atom stereocenters. The topological polar surface area (TPSA) is 23.6 Å². The number of hydrogen-bond donors (Lipinski definition) is 0. The highest BCUT2D eigenvalue weighted by atomic mass is 16.2. The number of nitrogens with zero attached hydrogens (tertiary/aromatic N) is 2. The van der Waals surface area contributed by atoms with Crippen molar-refractivity contribution in [3.8, 4) is 0 Å². The van der Waals surface area contributed by atoms with Gasteiger partial charge in [-0.3, -0.25) is 4.79 Å². The van der Waals surface area contributed by atoms with Crippen LogP contribution in [0.15, 0.2) is 0 Å². The third-order valence-electron chi connectivity index (χ3n) is 4.28. The number of hydrogen-bond acceptors (Lipinski definition) is 2. The van der Waals surface area contributed by atoms with Crippen LogP contribution in [0.4, 0.5) is 0 Å². The summed E-state index contributed by atoms with van der Waals surface area (Å²) < 4.78 is 0. The molecule has 0 bridgehead atoms. The molecule has 0 aromatic carbocycles. The van der Waals surface area contributed by atoms with E-state index in [4.69, 9.17) is 0 Å². The van der Waals surface area contributed by atoms with E-state index in [1.165, 1.54) is 25.7 Å². The fourth-order valence-electron chi connectivity index (χ4n) is 2.96. The Morgan fingerprint density at radius 3 is 2.25 bits per heavy atom. The molecule has 0 aromatic heterocycles. The Balaban J connectivity index is 1.86. The first kappa shape index (κ1) is 11.9. The summed E-state index contributed by atoms with van der Waals surface area (Å²) >= 11 is 0. The lowest BCUT2D eigenvalue weighted by Crippen LogP contribution is -2.40. The van der Waals surface area contributed by atoms with Crippen molar-refractivity contribution >= 4 is 5.91 Å². The summed E-state index contributed by atoms with van der Waals surface area (Å²) in [5.41, 5.74) is 0. The third kappa shape index (κ3) is 2.57. The van der Waals surface area contributed by atoms with Crippen molar-refractivity contribution in [2.75, 3.05) is 33.2 Å². The van der Waals surface area contributed by atoms with Crippen molar-refractivity contribution in [2.24, 2.45) is 11.8 Å². The summed E-state index contributed by atoms with van der Waals surface area (Å²) in [4.78, 5) is 16.7. The van der Waals surface area contributed by atoms with Gasteiger partial charge in [0.25, 0.3) is 0 Å². The van der Waals surface area contributed by atoms with Crippen molar-refractivity contribution in [1.29, 1.82) is 0 Å². The molecule has 0 aromatic rings. The first-order valence-corrected chi connectivity index (χ1v) is 6.66. The van der Waals surface area contributed by atoms with E-state index in [1.807, 2.05) is 0 Å². The number of amides is 1. The quantitative estimate of drug-likeness (QED) is 0.711. The summed E-state index contributed by atoms with van der Waals surface area (Å²) in [6.07, 6.45) is 4.78. The number of piperidine rings is 1. The van der Waals surface area contributed by atoms with Crippen LogP contribution in [0.25, 0.3) is 0 Å². The number of rotatable bonds is 2. The Bertz CT molecular complexity index is 240. The van der Waals surface area contributed by atoms with E-state index in [1.54, 1.807) is 0 Å². The molecule has 0 unspecified atom stereocenters. The first-order valence-electron chi connectivity index (χ1n) is 6.66. The lowest BCUT2D eigenvalue weighted by Gasteiger charge is -2.33. The van der Waals surface area contributed by atoms with Gasteiger partial charge < -0.3 is 9.80 Å². The minimum absolute atomic E-state index is 0.242. The molecule has 0 aliphatic carbocycles. The van der Waals surface area contributed by atoms with Gasteiger partial charge >= 0.3 is 0 Å². The van der Waals surface area contributed by atoms with Gasteiger partial charge in [-0.05, 0) is 51.7 Å². The first-order chi connectivity index (χ1) is 7.68. The highest BCUT2D eigenvalue weighted by Gasteiger charge is 2.30. The molecule has 3 heteroatoms. The molecule has 0 saturated carbocycles. The maximum Gasteiger partial charge on any atom is 0.225 e. The smallest absolute Gasteiger partial charge is 0.225 e. The minimum Gasteiger partial charge on any atom is -0.342 e. The van der Waals surface area contributed by atoms with Crippen molar-refractivity contribution < 1.29 is 4.79 Å². The SMILES string of the molecule is C[C@@H](C(=O)N1CCCC1)C1CCN(C)CC1. The molecular weight excluding hydrogens is 200 g/mol. The second-order valence-corrected chi connectivity index (χ2v) is 5.46. The molecule has 2 fully saturated rings. The Morgan fingerprint density at radius 1 is 1.12 bits per heavy atom. The Morgan fingerprint density at radius 2 is 1.69 bits per heavy atom. The highest BCUT2D eigenvalue weighted by Crippen LogP contribution is 2.26. The molecule has 2 aliphatic rings. The van der Waals surface area contributed by atoms with Gasteiger partial charge in [0.05, 0.1) is 0 Å². The normalized spacial score (nSPS) is 26.0. The van der Waals surface area contributed by atoms with Crippen molar-refractivity contribution in [1.82, 2.24) is 9.80 Å². The zero-order valence-corrected chi connectivity index (χ0v) is 10.6. The second-order valence-electron chi connectivity index (χ2n) is 5.46. The molecule has 0 radical (unpaired) electrons. The fourth-order valence-corrected chi connectivity index (χ4v) is 2.96. The number of carbonyl (C=O) groups excluding carboxylic acids is 1. The van der Waals surface area contributed by atoms with Crippen molar-refractivity contribution in [2.45, 2.75) is 32.6 Å². The van der Waals surface area contributed by atoms with Gasteiger partial charge in [0, 0.05) is 19.0 Å². The average Bonchev–Trinajstić information content (AvgIpc) is 2.81. The molecule has 0 N–H and O–H groups in total. The van der Waals surface area contributed by atoms with Crippen LogP contribution in [0, 0.1) is 11.8 Å². The summed E-state index contributed by atoms with van der Waals surface area (Å²) in [7, 11) is 2.17. The predicted octanol–water partition coefficient (Wildman–Crippen LogP) is 1.59. The van der Waals surface area contributed by atoms with E-state index in [9.17, 15) is 4.79 Å². The largest absolute Gasteiger partial charge is 0.342 e. The van der Waals surface area contributed by atoms with Crippen molar-refractivity contribution in [3.05, 3.63) is 0 Å². The molecule has 1 amide bonds. The third-order valence-corrected chi connectivity index (χ3v) is 4.28. The van der Waals surface area contributed by atoms with E-state index in [0.29, 0.717) is 11.8 Å². The molecule has 2 aliphatic heterocycles. The molecule has 2 heterocycles. The molecular formula is C13H24N2O. The van der Waals surface area contributed by atoms with Gasteiger partial charge in [0.2, 0.25) is 5.91 Å². The van der Waals surface area contributed by atoms with E-state index in [-0.39, 0.29) is 5.92 Å². The van der Waals surface area contributed by atoms with Crippen LogP contribution in [0.5, 0.6) is 0 Å². The minimum atomic E-state index is 0.242. The predicted molar refractivity (Wildman–Crippen MR) is 65.2 cm³/mol. The van der Waals surface area contributed by atoms with Gasteiger partial charge in [-0.1, -0.05) is 6.92 Å².